The van der Waals surface area contributed by atoms with Crippen molar-refractivity contribution in [1.29, 1.82) is 0 Å². The van der Waals surface area contributed by atoms with Crippen molar-refractivity contribution in [3.8, 4) is 0 Å². The molecule has 0 aromatic heterocycles. The van der Waals surface area contributed by atoms with E-state index in [1.54, 1.807) is 4.08 Å². The molecule has 0 saturated carbocycles. The van der Waals surface area contributed by atoms with E-state index in [1.165, 1.54) is 10.1 Å². The summed E-state index contributed by atoms with van der Waals surface area (Å²) in [6.45, 7) is -2.01. The molecule has 0 radical (unpaired) electrons. The van der Waals surface area contributed by atoms with E-state index in [1.807, 2.05) is 5.48 Å². The zero-order valence-corrected chi connectivity index (χ0v) is 16.9. The maximum atomic E-state index is 14.7. The van der Waals surface area contributed by atoms with Gasteiger partial charge in [-0.05, 0) is 16.2 Å². The first-order valence-electron chi connectivity index (χ1n) is 8.09. The number of carbonyl (C=O) groups is 2. The minimum atomic E-state index is -1.47. The number of carbonyl (C=O) groups excluding carboxylic acids is 2. The lowest BCUT2D eigenvalue weighted by atomic mass is 10.1. The Kier molecular flexibility index (Phi) is 8.75. The van der Waals surface area contributed by atoms with Crippen LogP contribution >= 0.6 is 20.7 Å². The van der Waals surface area contributed by atoms with Crippen LogP contribution in [0.3, 0.4) is 0 Å². The van der Waals surface area contributed by atoms with Gasteiger partial charge < -0.3 is 20.8 Å². The smallest absolute Gasteiger partial charge is 0.277 e. The average molecular weight is 527 g/mol. The van der Waals surface area contributed by atoms with Gasteiger partial charge in [0.15, 0.2) is 17.5 Å². The number of nitrogens with one attached hydrogen (secondary N) is 3. The number of rotatable bonds is 9. The first-order valence-corrected chi connectivity index (χ1v) is 10.6. The lowest BCUT2D eigenvalue weighted by Gasteiger charge is -2.17. The van der Waals surface area contributed by atoms with Crippen LogP contribution in [0.25, 0.3) is 0 Å². The van der Waals surface area contributed by atoms with Crippen molar-refractivity contribution in [2.45, 2.75) is 6.54 Å². The lowest BCUT2D eigenvalue weighted by molar-refractivity contribution is -0.123. The number of amides is 2. The molecule has 1 aromatic rings. The summed E-state index contributed by atoms with van der Waals surface area (Å²) < 4.78 is 46.2. The van der Waals surface area contributed by atoms with Gasteiger partial charge in [0.05, 0.1) is 30.2 Å². The number of aliphatic hydroxyl groups is 2. The van der Waals surface area contributed by atoms with Crippen LogP contribution in [0.4, 0.5) is 18.9 Å². The quantitative estimate of drug-likeness (QED) is 0.187. The number of anilines is 1. The van der Waals surface area contributed by atoms with Crippen molar-refractivity contribution < 1.29 is 37.8 Å². The predicted octanol–water partition coefficient (Wildman–Crippen LogP) is 1.12. The molecule has 29 heavy (non-hydrogen) atoms. The molecule has 0 unspecified atom stereocenters. The highest BCUT2D eigenvalue weighted by molar-refractivity contribution is 14.2. The van der Waals surface area contributed by atoms with Gasteiger partial charge in [0, 0.05) is 16.1 Å². The lowest BCUT2D eigenvalue weighted by Crippen LogP contribution is -2.29. The van der Waals surface area contributed by atoms with Crippen LogP contribution in [0.2, 0.25) is 0 Å². The van der Waals surface area contributed by atoms with E-state index >= 15 is 0 Å². The molecule has 2 amide bonds. The molecule has 1 heterocycles. The maximum Gasteiger partial charge on any atom is 0.277 e. The Morgan fingerprint density at radius 2 is 1.93 bits per heavy atom. The monoisotopic (exact) mass is 527 g/mol. The molecule has 1 aliphatic rings. The molecule has 0 bridgehead atoms. The summed E-state index contributed by atoms with van der Waals surface area (Å²) in [5, 5.41) is 21.9. The second-order valence-corrected chi connectivity index (χ2v) is 7.50. The van der Waals surface area contributed by atoms with Crippen molar-refractivity contribution in [3.63, 3.8) is 0 Å². The summed E-state index contributed by atoms with van der Waals surface area (Å²) >= 11 is -0.623. The molecular formula is C17H17F3IN3O5. The van der Waals surface area contributed by atoms with Gasteiger partial charge in [-0.3, -0.25) is 14.4 Å². The molecular weight excluding hydrogens is 510 g/mol. The predicted molar refractivity (Wildman–Crippen MR) is 107 cm³/mol. The van der Waals surface area contributed by atoms with E-state index in [-0.39, 0.29) is 17.9 Å². The number of allylic oxidation sites excluding steroid dienone is 2. The average Bonchev–Trinajstić information content (AvgIpc) is 2.72. The zero-order chi connectivity index (χ0) is 21.4. The van der Waals surface area contributed by atoms with Crippen LogP contribution in [-0.2, 0) is 16.2 Å². The van der Waals surface area contributed by atoms with Gasteiger partial charge >= 0.3 is 0 Å². The van der Waals surface area contributed by atoms with Crippen LogP contribution in [0.5, 0.6) is 0 Å². The van der Waals surface area contributed by atoms with Crippen molar-refractivity contribution in [1.82, 2.24) is 10.8 Å². The van der Waals surface area contributed by atoms with Gasteiger partial charge in [0.1, 0.15) is 6.61 Å². The van der Waals surface area contributed by atoms with Crippen molar-refractivity contribution >= 4 is 42.2 Å². The molecule has 5 N–H and O–H groups in total. The fourth-order valence-corrected chi connectivity index (χ4v) is 3.57. The Balaban J connectivity index is 2.44. The number of hydrogen-bond donors (Lipinski definition) is 5. The van der Waals surface area contributed by atoms with Crippen LogP contribution in [-0.4, -0.2) is 45.9 Å². The highest BCUT2D eigenvalue weighted by atomic mass is 127. The van der Waals surface area contributed by atoms with Gasteiger partial charge in [-0.2, -0.15) is 0 Å². The van der Waals surface area contributed by atoms with Crippen molar-refractivity contribution in [2.24, 2.45) is 0 Å². The van der Waals surface area contributed by atoms with Gasteiger partial charge in [-0.25, -0.2) is 18.7 Å². The third-order valence-electron chi connectivity index (χ3n) is 3.48. The Hall–Kier alpha value is -2.29. The standard InChI is InChI=1S/C17H17F3IN3O5/c18-11-6-21-2-1-12(11)23-16-10(17(28)24-29-4-3-25)5-9(14(19)15(16)20)7-22-13(27)8-26/h1-2,5-6,23,25-26H,3-4,7-8H2,(H,22,27)(H,24,28). The maximum absolute atomic E-state index is 14.7. The van der Waals surface area contributed by atoms with E-state index in [0.29, 0.717) is 0 Å². The summed E-state index contributed by atoms with van der Waals surface area (Å²) in [6.07, 6.45) is 1.36. The Bertz CT molecular complexity index is 890. The van der Waals surface area contributed by atoms with Crippen LogP contribution in [0.1, 0.15) is 15.9 Å². The van der Waals surface area contributed by atoms with Gasteiger partial charge in [-0.1, -0.05) is 20.7 Å². The third-order valence-corrected chi connectivity index (χ3v) is 5.16. The summed E-state index contributed by atoms with van der Waals surface area (Å²) in [4.78, 5) is 28.2. The number of hydroxylamine groups is 1. The number of benzene rings is 1. The first-order chi connectivity index (χ1) is 13.9. The van der Waals surface area contributed by atoms with Crippen molar-refractivity contribution in [2.75, 3.05) is 25.1 Å². The van der Waals surface area contributed by atoms with Crippen LogP contribution in [0.15, 0.2) is 27.7 Å². The first kappa shape index (κ1) is 23.0. The van der Waals surface area contributed by atoms with Crippen LogP contribution in [0, 0.1) is 11.6 Å². The molecule has 0 aliphatic carbocycles. The summed E-state index contributed by atoms with van der Waals surface area (Å²) in [7, 11) is 0. The van der Waals surface area contributed by atoms with E-state index in [0.717, 1.165) is 6.07 Å². The van der Waals surface area contributed by atoms with Gasteiger partial charge in [0.2, 0.25) is 5.91 Å². The number of halogens is 4. The molecule has 1 aliphatic heterocycles. The third kappa shape index (κ3) is 6.09. The fourth-order valence-electron chi connectivity index (χ4n) is 2.14. The molecule has 1 aromatic carbocycles. The molecule has 12 heteroatoms. The van der Waals surface area contributed by atoms with E-state index in [2.05, 4.69) is 10.6 Å². The number of hydrogen-bond acceptors (Lipinski definition) is 6. The SMILES string of the molecule is O=C(CO)NCc1cc(C(=O)NOCCO)c(NC2=C(F)C=IC=C2)c(F)c1F. The summed E-state index contributed by atoms with van der Waals surface area (Å²) in [5.41, 5.74) is 0.362. The molecule has 8 nitrogen and oxygen atoms in total. The normalized spacial score (nSPS) is 13.1. The topological polar surface area (TPSA) is 120 Å². The molecule has 2 rings (SSSR count). The number of aliphatic hydroxyl groups excluding tert-OH is 2. The van der Waals surface area contributed by atoms with Crippen molar-refractivity contribution in [3.05, 3.63) is 50.5 Å². The summed E-state index contributed by atoms with van der Waals surface area (Å²) in [6, 6.07) is 0.956. The minimum Gasteiger partial charge on any atom is -0.394 e. The summed E-state index contributed by atoms with van der Waals surface area (Å²) in [5.74, 6) is -5.32. The molecule has 0 fully saturated rings. The highest BCUT2D eigenvalue weighted by Crippen LogP contribution is 2.29. The Morgan fingerprint density at radius 1 is 1.17 bits per heavy atom. The van der Waals surface area contributed by atoms with Crippen LogP contribution < -0.4 is 16.1 Å². The second kappa shape index (κ2) is 11.0. The highest BCUT2D eigenvalue weighted by Gasteiger charge is 2.24. The molecule has 0 atom stereocenters. The fraction of sp³-hybridized carbons (Fsp3) is 0.235. The Labute approximate surface area is 173 Å². The van der Waals surface area contributed by atoms with E-state index in [9.17, 15) is 22.8 Å². The van der Waals surface area contributed by atoms with Gasteiger partial charge in [-0.15, -0.1) is 0 Å². The minimum absolute atomic E-state index is 0.152. The molecule has 0 spiro atoms. The molecule has 158 valence electrons. The van der Waals surface area contributed by atoms with Gasteiger partial charge in [0.25, 0.3) is 5.91 Å². The molecule has 0 saturated heterocycles. The second-order valence-electron chi connectivity index (χ2n) is 5.44. The van der Waals surface area contributed by atoms with E-state index < -0.39 is 81.0 Å². The Morgan fingerprint density at radius 3 is 2.59 bits per heavy atom. The zero-order valence-electron chi connectivity index (χ0n) is 14.8. The largest absolute Gasteiger partial charge is 0.394 e. The van der Waals surface area contributed by atoms with E-state index in [4.69, 9.17) is 15.1 Å².